The molecule has 1 aromatic heterocycles. The predicted octanol–water partition coefficient (Wildman–Crippen LogP) is 1.38. The van der Waals surface area contributed by atoms with E-state index in [0.717, 1.165) is 5.69 Å². The molecule has 0 aliphatic carbocycles. The first kappa shape index (κ1) is 9.28. The van der Waals surface area contributed by atoms with Crippen LogP contribution in [0.3, 0.4) is 0 Å². The topological polar surface area (TPSA) is 66.7 Å². The molecule has 4 heteroatoms. The number of hydrogen-bond donors (Lipinski definition) is 3. The van der Waals surface area contributed by atoms with Gasteiger partial charge in [0.05, 0.1) is 0 Å². The first-order valence-electron chi connectivity index (χ1n) is 3.89. The normalized spacial score (nSPS) is 8.38. The molecule has 68 valence electrons. The van der Waals surface area contributed by atoms with Gasteiger partial charge in [-0.3, -0.25) is 10.9 Å². The first-order valence-corrected chi connectivity index (χ1v) is 3.89. The molecule has 0 aliphatic heterocycles. The molecule has 2 aromatic rings. The number of hydrogen-bond acceptors (Lipinski definition) is 3. The van der Waals surface area contributed by atoms with Gasteiger partial charge in [0, 0.05) is 18.1 Å². The van der Waals surface area contributed by atoms with E-state index >= 15 is 0 Å². The average molecular weight is 176 g/mol. The van der Waals surface area contributed by atoms with Crippen molar-refractivity contribution in [1.29, 1.82) is 0 Å². The highest BCUT2D eigenvalue weighted by Gasteiger charge is 1.78. The molecule has 0 saturated carbocycles. The summed E-state index contributed by atoms with van der Waals surface area (Å²) in [7, 11) is 0. The highest BCUT2D eigenvalue weighted by Crippen LogP contribution is 2.00. The van der Waals surface area contributed by atoms with Crippen LogP contribution in [0.1, 0.15) is 0 Å². The molecule has 0 unspecified atom stereocenters. The Morgan fingerprint density at radius 2 is 1.92 bits per heavy atom. The maximum atomic E-state index is 5.10. The summed E-state index contributed by atoms with van der Waals surface area (Å²) in [6, 6.07) is 11.4. The molecule has 0 radical (unpaired) electrons. The Bertz CT molecular complexity index is 273. The number of benzene rings is 1. The Balaban J connectivity index is 0.000000145. The van der Waals surface area contributed by atoms with Crippen LogP contribution >= 0.6 is 0 Å². The summed E-state index contributed by atoms with van der Waals surface area (Å²) in [6.45, 7) is 0. The third-order valence-corrected chi connectivity index (χ3v) is 1.35. The van der Waals surface area contributed by atoms with E-state index in [-0.39, 0.29) is 0 Å². The lowest BCUT2D eigenvalue weighted by molar-refractivity contribution is 1.09. The van der Waals surface area contributed by atoms with Gasteiger partial charge in [-0.05, 0) is 18.2 Å². The van der Waals surface area contributed by atoms with E-state index in [1.165, 1.54) is 0 Å². The van der Waals surface area contributed by atoms with Gasteiger partial charge in [0.1, 0.15) is 0 Å². The van der Waals surface area contributed by atoms with Crippen LogP contribution in [0.25, 0.3) is 0 Å². The minimum Gasteiger partial charge on any atom is -0.324 e. The molecule has 1 aromatic carbocycles. The number of aromatic nitrogens is 2. The van der Waals surface area contributed by atoms with E-state index in [4.69, 9.17) is 5.84 Å². The maximum absolute atomic E-state index is 5.10. The van der Waals surface area contributed by atoms with Crippen molar-refractivity contribution < 1.29 is 0 Å². The van der Waals surface area contributed by atoms with Crippen LogP contribution in [0.2, 0.25) is 0 Å². The van der Waals surface area contributed by atoms with Crippen LogP contribution in [0.5, 0.6) is 0 Å². The highest BCUT2D eigenvalue weighted by molar-refractivity contribution is 5.40. The number of H-pyrrole nitrogens is 1. The molecule has 1 heterocycles. The van der Waals surface area contributed by atoms with Crippen LogP contribution in [-0.4, -0.2) is 10.2 Å². The van der Waals surface area contributed by atoms with E-state index in [1.54, 1.807) is 12.4 Å². The molecule has 0 amide bonds. The predicted molar refractivity (Wildman–Crippen MR) is 52.8 cm³/mol. The molecule has 0 saturated heterocycles. The average Bonchev–Trinajstić information content (AvgIpc) is 2.77. The van der Waals surface area contributed by atoms with Crippen LogP contribution < -0.4 is 11.3 Å². The number of hydrazine groups is 1. The van der Waals surface area contributed by atoms with E-state index in [9.17, 15) is 0 Å². The Kier molecular flexibility index (Phi) is 4.13. The van der Waals surface area contributed by atoms with Gasteiger partial charge in [-0.2, -0.15) is 5.10 Å². The van der Waals surface area contributed by atoms with Crippen molar-refractivity contribution in [2.75, 3.05) is 5.43 Å². The van der Waals surface area contributed by atoms with Gasteiger partial charge in [-0.15, -0.1) is 0 Å². The summed E-state index contributed by atoms with van der Waals surface area (Å²) in [5, 5.41) is 6.21. The quantitative estimate of drug-likeness (QED) is 0.454. The van der Waals surface area contributed by atoms with Crippen LogP contribution in [0, 0.1) is 0 Å². The SMILES string of the molecule is NNc1ccccc1.c1cn[nH]c1. The van der Waals surface area contributed by atoms with Gasteiger partial charge in [0.15, 0.2) is 0 Å². The zero-order valence-electron chi connectivity index (χ0n) is 7.14. The lowest BCUT2D eigenvalue weighted by Crippen LogP contribution is -2.05. The molecule has 13 heavy (non-hydrogen) atoms. The largest absolute Gasteiger partial charge is 0.324 e. The van der Waals surface area contributed by atoms with Gasteiger partial charge >= 0.3 is 0 Å². The van der Waals surface area contributed by atoms with Crippen molar-refractivity contribution in [3.05, 3.63) is 48.8 Å². The van der Waals surface area contributed by atoms with Crippen molar-refractivity contribution in [3.8, 4) is 0 Å². The van der Waals surface area contributed by atoms with Gasteiger partial charge in [-0.1, -0.05) is 18.2 Å². The fourth-order valence-corrected chi connectivity index (χ4v) is 0.750. The molecule has 0 aliphatic rings. The third kappa shape index (κ3) is 3.93. The Labute approximate surface area is 76.8 Å². The van der Waals surface area contributed by atoms with Crippen molar-refractivity contribution in [2.45, 2.75) is 0 Å². The molecule has 0 spiro atoms. The van der Waals surface area contributed by atoms with E-state index < -0.39 is 0 Å². The molecule has 4 nitrogen and oxygen atoms in total. The molecule has 0 bridgehead atoms. The molecular formula is C9H12N4. The summed E-state index contributed by atoms with van der Waals surface area (Å²) in [6.07, 6.45) is 3.46. The summed E-state index contributed by atoms with van der Waals surface area (Å²) in [5.74, 6) is 5.10. The monoisotopic (exact) mass is 176 g/mol. The maximum Gasteiger partial charge on any atom is 0.0487 e. The van der Waals surface area contributed by atoms with Crippen molar-refractivity contribution in [1.82, 2.24) is 10.2 Å². The Morgan fingerprint density at radius 3 is 2.23 bits per heavy atom. The second kappa shape index (κ2) is 5.79. The fraction of sp³-hybridized carbons (Fsp3) is 0. The minimum absolute atomic E-state index is 0.938. The van der Waals surface area contributed by atoms with Crippen LogP contribution in [0.15, 0.2) is 48.8 Å². The molecule has 4 N–H and O–H groups in total. The zero-order valence-corrected chi connectivity index (χ0v) is 7.14. The van der Waals surface area contributed by atoms with Crippen molar-refractivity contribution in [3.63, 3.8) is 0 Å². The van der Waals surface area contributed by atoms with Gasteiger partial charge in [0.2, 0.25) is 0 Å². The van der Waals surface area contributed by atoms with E-state index in [0.29, 0.717) is 0 Å². The summed E-state index contributed by atoms with van der Waals surface area (Å²) in [5.41, 5.74) is 3.46. The number of aromatic amines is 1. The zero-order chi connectivity index (χ0) is 9.36. The van der Waals surface area contributed by atoms with Crippen molar-refractivity contribution >= 4 is 5.69 Å². The summed E-state index contributed by atoms with van der Waals surface area (Å²) >= 11 is 0. The fourth-order valence-electron chi connectivity index (χ4n) is 0.750. The second-order valence-corrected chi connectivity index (χ2v) is 2.28. The number of nitrogens with one attached hydrogen (secondary N) is 2. The van der Waals surface area contributed by atoms with Crippen molar-refractivity contribution in [2.24, 2.45) is 5.84 Å². The molecule has 0 fully saturated rings. The van der Waals surface area contributed by atoms with E-state index in [2.05, 4.69) is 15.6 Å². The van der Waals surface area contributed by atoms with Crippen LogP contribution in [0.4, 0.5) is 5.69 Å². The number of nitrogen functional groups attached to an aromatic ring is 1. The number of nitrogens with two attached hydrogens (primary N) is 1. The Hall–Kier alpha value is -1.81. The highest BCUT2D eigenvalue weighted by atomic mass is 15.2. The number of anilines is 1. The molecule has 0 atom stereocenters. The molecular weight excluding hydrogens is 164 g/mol. The van der Waals surface area contributed by atoms with Gasteiger partial charge in [0.25, 0.3) is 0 Å². The van der Waals surface area contributed by atoms with Crippen LogP contribution in [-0.2, 0) is 0 Å². The standard InChI is InChI=1S/C6H8N2.C3H4N2/c7-8-6-4-2-1-3-5-6;1-2-4-5-3-1/h1-5,8H,7H2;1-3H,(H,4,5). The Morgan fingerprint density at radius 1 is 1.15 bits per heavy atom. The lowest BCUT2D eigenvalue weighted by atomic mass is 10.3. The van der Waals surface area contributed by atoms with Gasteiger partial charge < -0.3 is 5.43 Å². The first-order chi connectivity index (χ1) is 6.43. The number of rotatable bonds is 1. The minimum atomic E-state index is 0.938. The number of para-hydroxylation sites is 1. The van der Waals surface area contributed by atoms with Gasteiger partial charge in [-0.25, -0.2) is 0 Å². The van der Waals surface area contributed by atoms with E-state index in [1.807, 2.05) is 36.4 Å². The summed E-state index contributed by atoms with van der Waals surface area (Å²) in [4.78, 5) is 0. The molecule has 2 rings (SSSR count). The lowest BCUT2D eigenvalue weighted by Gasteiger charge is -1.94. The third-order valence-electron chi connectivity index (χ3n) is 1.35. The summed E-state index contributed by atoms with van der Waals surface area (Å²) < 4.78 is 0. The smallest absolute Gasteiger partial charge is 0.0487 e. The second-order valence-electron chi connectivity index (χ2n) is 2.28. The number of nitrogens with zero attached hydrogens (tertiary/aromatic N) is 1.